The molecule has 0 spiro atoms. The number of fused-ring (bicyclic) bond motifs is 13. The molecule has 104 heavy (non-hydrogen) atoms. The van der Waals surface area contributed by atoms with Crippen molar-refractivity contribution in [2.24, 2.45) is 165 Å². The molecular formula is C104H180. The van der Waals surface area contributed by atoms with E-state index < -0.39 is 0 Å². The van der Waals surface area contributed by atoms with Crippen LogP contribution in [0.5, 0.6) is 0 Å². The summed E-state index contributed by atoms with van der Waals surface area (Å²) in [5.74, 6) is 31.8. The molecule has 0 saturated heterocycles. The Bertz CT molecular complexity index is 2190. The summed E-state index contributed by atoms with van der Waals surface area (Å²) in [4.78, 5) is 0. The average Bonchev–Trinajstić information content (AvgIpc) is 1.32. The van der Waals surface area contributed by atoms with Crippen molar-refractivity contribution in [2.45, 2.75) is 488 Å². The van der Waals surface area contributed by atoms with Crippen molar-refractivity contribution >= 4 is 0 Å². The molecule has 25 saturated carbocycles. The second kappa shape index (κ2) is 40.8. The summed E-state index contributed by atoms with van der Waals surface area (Å²) in [7, 11) is 0. The fraction of sp³-hybridized carbons (Fsp3) is 1.00. The first-order valence-corrected chi connectivity index (χ1v) is 51.4. The van der Waals surface area contributed by atoms with E-state index in [4.69, 9.17) is 0 Å². The van der Waals surface area contributed by atoms with Gasteiger partial charge in [-0.3, -0.25) is 0 Å². The van der Waals surface area contributed by atoms with Crippen molar-refractivity contribution in [1.29, 1.82) is 0 Å². The first kappa shape index (κ1) is 79.2. The number of hydrogen-bond donors (Lipinski definition) is 0. The SMILES string of the molecule is C1CC2CCCC2C1.C1CC2CCCC3CCC(C1)C23.C1CCC2C(C1)CCC1CCCCC12.C1CCC2CC3CCCCC3CC2C1.C1CCC2CCCCC2CC1.C1CC[C@H]2CCC[C@H]2C1.C1CC[C@H]2C[C@H]2C1.C1C[C@@H]2CC[C@@H]2C1.C1C[C@@H]2C[C@@H]2C1.C1C[C@H]2C[C@@H]12.CC12CCCCC1CCCC2. The van der Waals surface area contributed by atoms with E-state index >= 15 is 0 Å². The molecule has 25 aliphatic rings. The normalized spacial score (nSPS) is 47.2. The Labute approximate surface area is 649 Å². The molecular weight excluding hydrogens is 1250 g/mol. The van der Waals surface area contributed by atoms with Crippen LogP contribution in [-0.4, -0.2) is 0 Å². The van der Waals surface area contributed by atoms with Crippen molar-refractivity contribution < 1.29 is 0 Å². The molecule has 0 aromatic rings. The van der Waals surface area contributed by atoms with Crippen molar-refractivity contribution in [3.05, 3.63) is 0 Å². The van der Waals surface area contributed by atoms with Gasteiger partial charge in [-0.15, -0.1) is 0 Å². The Kier molecular flexibility index (Phi) is 31.1. The van der Waals surface area contributed by atoms with Crippen LogP contribution in [0, 0.1) is 165 Å². The van der Waals surface area contributed by atoms with Gasteiger partial charge in [0, 0.05) is 0 Å². The molecule has 0 N–H and O–H groups in total. The van der Waals surface area contributed by atoms with Gasteiger partial charge in [-0.1, -0.05) is 366 Å². The van der Waals surface area contributed by atoms with E-state index in [0.29, 0.717) is 0 Å². The molecule has 12 unspecified atom stereocenters. The summed E-state index contributed by atoms with van der Waals surface area (Å²) in [5, 5.41) is 0. The van der Waals surface area contributed by atoms with E-state index in [-0.39, 0.29) is 0 Å². The number of hydrogen-bond acceptors (Lipinski definition) is 0. The smallest absolute Gasteiger partial charge is 0.0298 e. The second-order valence-electron chi connectivity index (χ2n) is 44.9. The lowest BCUT2D eigenvalue weighted by Crippen LogP contribution is -2.38. The highest BCUT2D eigenvalue weighted by Crippen LogP contribution is 2.58. The van der Waals surface area contributed by atoms with Crippen molar-refractivity contribution in [2.75, 3.05) is 0 Å². The van der Waals surface area contributed by atoms with E-state index in [1.807, 2.05) is 0 Å². The molecule has 0 amide bonds. The Morgan fingerprint density at radius 1 is 0.135 bits per heavy atom. The van der Waals surface area contributed by atoms with Gasteiger partial charge >= 0.3 is 0 Å². The molecule has 0 aromatic heterocycles. The summed E-state index contributed by atoms with van der Waals surface area (Å²) < 4.78 is 0. The highest BCUT2D eigenvalue weighted by molar-refractivity contribution is 4.98. The van der Waals surface area contributed by atoms with Crippen molar-refractivity contribution in [3.8, 4) is 0 Å². The lowest BCUT2D eigenvalue weighted by atomic mass is 9.58. The van der Waals surface area contributed by atoms with Crippen LogP contribution < -0.4 is 0 Å². The van der Waals surface area contributed by atoms with Crippen molar-refractivity contribution in [1.82, 2.24) is 0 Å². The van der Waals surface area contributed by atoms with Crippen molar-refractivity contribution in [3.63, 3.8) is 0 Å². The van der Waals surface area contributed by atoms with Crippen LogP contribution in [0.3, 0.4) is 0 Å². The molecule has 0 radical (unpaired) electrons. The van der Waals surface area contributed by atoms with Gasteiger partial charge in [0.15, 0.2) is 0 Å². The summed E-state index contributed by atoms with van der Waals surface area (Å²) in [5.41, 5.74) is 0.774. The van der Waals surface area contributed by atoms with Gasteiger partial charge in [0.2, 0.25) is 0 Å². The fourth-order valence-corrected chi connectivity index (χ4v) is 32.0. The Morgan fingerprint density at radius 2 is 0.308 bits per heavy atom. The Morgan fingerprint density at radius 3 is 0.577 bits per heavy atom. The Balaban J connectivity index is 0.0000000931. The predicted molar refractivity (Wildman–Crippen MR) is 449 cm³/mol. The molecule has 25 rings (SSSR count). The third kappa shape index (κ3) is 22.5. The molecule has 25 fully saturated rings. The van der Waals surface area contributed by atoms with Gasteiger partial charge in [0.1, 0.15) is 0 Å². The molecule has 0 aliphatic heterocycles. The van der Waals surface area contributed by atoms with E-state index in [9.17, 15) is 0 Å². The molecule has 22 atom stereocenters. The maximum atomic E-state index is 2.54. The predicted octanol–water partition coefficient (Wildman–Crippen LogP) is 33.1. The molecule has 0 bridgehead atoms. The van der Waals surface area contributed by atoms with Crippen LogP contribution in [0.25, 0.3) is 0 Å². The minimum Gasteiger partial charge on any atom is -0.0594 e. The standard InChI is InChI=1S/2C14H24.C12H20.2C11H20.C9H16.C8H14.2C7H12.C6H10.C5H8/c1-3-7-13-11(5-1)9-10-12-6-2-4-8-14(12)13;1-2-6-12-10-14-8-4-3-7-13(14)9-11(12)5-1;1-3-9-4-2-6-11-8-7-10(5-1)12(9)11;1-11-8-4-2-6-10(11)7-3-5-9-11;1-2-6-10-8-4-5-9-11(10)7-3-1;1-2-5-9-7-3-6-8(9)4-1;1-3-7-5-2-6-8(7)4-1;1-2-6-4-5-7(6)3-1;1-2-4-7-5-6(7)3-1;1-2-5-4-6(5)3-1;1-2-5-3-4(1)5/h2*11-14H,1-10H2;9-12H,1-8H2;10H,2-9H2,1H3;10-11H,1-9H2;8-9H,1-7H2;7-8H,1-6H2;2*6-7H,1-5H2;5-6H,1-4H2;4-5H,1-3H2/t;;;;;8-,9+;;2*6-,7+;5-,6+;4-,5+. The first-order chi connectivity index (χ1) is 51.4. The van der Waals surface area contributed by atoms with Crippen LogP contribution in [0.2, 0.25) is 0 Å². The third-order valence-electron chi connectivity index (χ3n) is 39.0. The molecule has 0 aromatic carbocycles. The monoisotopic (exact) mass is 1430 g/mol. The Hall–Kier alpha value is 0. The minimum absolute atomic E-state index is 0.774. The van der Waals surface area contributed by atoms with Crippen LogP contribution >= 0.6 is 0 Å². The highest BCUT2D eigenvalue weighted by Gasteiger charge is 2.47. The zero-order valence-corrected chi connectivity index (χ0v) is 70.1. The molecule has 0 heterocycles. The van der Waals surface area contributed by atoms with Gasteiger partial charge in [-0.05, 0) is 287 Å². The molecule has 25 aliphatic carbocycles. The zero-order chi connectivity index (χ0) is 70.1. The first-order valence-electron chi connectivity index (χ1n) is 51.4. The lowest BCUT2D eigenvalue weighted by molar-refractivity contribution is 0.0278. The number of rotatable bonds is 0. The highest BCUT2D eigenvalue weighted by atomic mass is 14.5. The van der Waals surface area contributed by atoms with E-state index in [1.54, 1.807) is 340 Å². The van der Waals surface area contributed by atoms with E-state index in [2.05, 4.69) is 6.92 Å². The van der Waals surface area contributed by atoms with Gasteiger partial charge in [0.25, 0.3) is 0 Å². The van der Waals surface area contributed by atoms with Gasteiger partial charge in [-0.25, -0.2) is 0 Å². The lowest BCUT2D eigenvalue weighted by Gasteiger charge is -2.48. The zero-order valence-electron chi connectivity index (χ0n) is 70.1. The molecule has 596 valence electrons. The van der Waals surface area contributed by atoms with Crippen LogP contribution in [0.1, 0.15) is 488 Å². The van der Waals surface area contributed by atoms with E-state index in [0.717, 1.165) is 58.7 Å². The van der Waals surface area contributed by atoms with E-state index in [1.165, 1.54) is 248 Å². The average molecular weight is 1430 g/mol. The second-order valence-corrected chi connectivity index (χ2v) is 44.9. The third-order valence-corrected chi connectivity index (χ3v) is 39.0. The van der Waals surface area contributed by atoms with Gasteiger partial charge < -0.3 is 0 Å². The van der Waals surface area contributed by atoms with Crippen LogP contribution in [-0.2, 0) is 0 Å². The maximum absolute atomic E-state index is 2.54. The maximum Gasteiger partial charge on any atom is -0.0298 e. The topological polar surface area (TPSA) is 0 Å². The molecule has 0 heteroatoms. The van der Waals surface area contributed by atoms with Crippen LogP contribution in [0.4, 0.5) is 0 Å². The summed E-state index contributed by atoms with van der Waals surface area (Å²) >= 11 is 0. The van der Waals surface area contributed by atoms with Crippen LogP contribution in [0.15, 0.2) is 0 Å². The summed E-state index contributed by atoms with van der Waals surface area (Å²) in [6, 6.07) is 0. The summed E-state index contributed by atoms with van der Waals surface area (Å²) in [6.45, 7) is 2.54. The quantitative estimate of drug-likeness (QED) is 0.227. The largest absolute Gasteiger partial charge is 0.0594 e. The van der Waals surface area contributed by atoms with Gasteiger partial charge in [0.05, 0.1) is 0 Å². The molecule has 0 nitrogen and oxygen atoms in total. The van der Waals surface area contributed by atoms with Gasteiger partial charge in [-0.2, -0.15) is 0 Å². The summed E-state index contributed by atoms with van der Waals surface area (Å²) in [6.07, 6.45) is 117. The fourth-order valence-electron chi connectivity index (χ4n) is 32.0. The minimum atomic E-state index is 0.774.